The lowest BCUT2D eigenvalue weighted by molar-refractivity contribution is 0.0933. The highest BCUT2D eigenvalue weighted by Crippen LogP contribution is 2.25. The Labute approximate surface area is 115 Å². The molecule has 1 atom stereocenters. The van der Waals surface area contributed by atoms with E-state index in [0.29, 0.717) is 17.1 Å². The highest BCUT2D eigenvalue weighted by molar-refractivity contribution is 7.91. The normalized spacial score (nSPS) is 22.1. The highest BCUT2D eigenvalue weighted by Gasteiger charge is 2.29. The summed E-state index contributed by atoms with van der Waals surface area (Å²) in [6, 6.07) is 1.12. The van der Waals surface area contributed by atoms with Gasteiger partial charge in [0.2, 0.25) is 0 Å². The van der Waals surface area contributed by atoms with Crippen LogP contribution in [0.2, 0.25) is 10.2 Å². The SMILES string of the molecule is Cn1c(C(=O)N[C@@H]2CCS(=O)(=O)C2)cc(Cl)c1Cl. The molecule has 0 aromatic carbocycles. The smallest absolute Gasteiger partial charge is 0.268 e. The van der Waals surface area contributed by atoms with Crippen molar-refractivity contribution in [3.63, 3.8) is 0 Å². The Morgan fingerprint density at radius 3 is 2.61 bits per heavy atom. The number of carbonyl (C=O) groups is 1. The standard InChI is InChI=1S/C10H12Cl2N2O3S/c1-14-8(4-7(11)9(14)12)10(15)13-6-2-3-18(16,17)5-6/h4,6H,2-3,5H2,1H3,(H,13,15)/t6-/m1/s1. The molecule has 0 saturated carbocycles. The average Bonchev–Trinajstić information content (AvgIpc) is 2.73. The van der Waals surface area contributed by atoms with Gasteiger partial charge in [0.15, 0.2) is 9.84 Å². The molecule has 0 aliphatic carbocycles. The molecule has 0 radical (unpaired) electrons. The third kappa shape index (κ3) is 2.65. The highest BCUT2D eigenvalue weighted by atomic mass is 35.5. The number of hydrogen-bond acceptors (Lipinski definition) is 3. The number of nitrogens with zero attached hydrogens (tertiary/aromatic N) is 1. The topological polar surface area (TPSA) is 68.2 Å². The van der Waals surface area contributed by atoms with Crippen molar-refractivity contribution in [1.82, 2.24) is 9.88 Å². The fourth-order valence-electron chi connectivity index (χ4n) is 1.93. The van der Waals surface area contributed by atoms with Crippen LogP contribution < -0.4 is 5.32 Å². The monoisotopic (exact) mass is 310 g/mol. The summed E-state index contributed by atoms with van der Waals surface area (Å²) in [6.45, 7) is 0. The summed E-state index contributed by atoms with van der Waals surface area (Å²) in [6.07, 6.45) is 0.444. The Morgan fingerprint density at radius 1 is 1.50 bits per heavy atom. The first kappa shape index (κ1) is 13.7. The molecule has 8 heteroatoms. The van der Waals surface area contributed by atoms with Gasteiger partial charge in [-0.2, -0.15) is 0 Å². The van der Waals surface area contributed by atoms with Crippen molar-refractivity contribution in [2.75, 3.05) is 11.5 Å². The van der Waals surface area contributed by atoms with Crippen molar-refractivity contribution in [2.45, 2.75) is 12.5 Å². The van der Waals surface area contributed by atoms with Crippen LogP contribution in [-0.4, -0.2) is 36.4 Å². The zero-order valence-corrected chi connectivity index (χ0v) is 11.9. The molecule has 0 spiro atoms. The Morgan fingerprint density at radius 2 is 2.17 bits per heavy atom. The lowest BCUT2D eigenvalue weighted by Gasteiger charge is -2.11. The van der Waals surface area contributed by atoms with E-state index in [-0.39, 0.29) is 28.6 Å². The quantitative estimate of drug-likeness (QED) is 0.894. The molecule has 2 rings (SSSR count). The summed E-state index contributed by atoms with van der Waals surface area (Å²) in [5.74, 6) is -0.259. The van der Waals surface area contributed by atoms with E-state index >= 15 is 0 Å². The van der Waals surface area contributed by atoms with Gasteiger partial charge in [-0.1, -0.05) is 23.2 Å². The van der Waals surface area contributed by atoms with E-state index in [1.165, 1.54) is 10.6 Å². The van der Waals surface area contributed by atoms with Gasteiger partial charge < -0.3 is 9.88 Å². The maximum atomic E-state index is 12.0. The predicted octanol–water partition coefficient (Wildman–Crippen LogP) is 1.25. The van der Waals surface area contributed by atoms with Crippen molar-refractivity contribution >= 4 is 38.9 Å². The van der Waals surface area contributed by atoms with E-state index in [1.54, 1.807) is 7.05 Å². The molecule has 100 valence electrons. The van der Waals surface area contributed by atoms with Crippen molar-refractivity contribution in [3.8, 4) is 0 Å². The van der Waals surface area contributed by atoms with Crippen molar-refractivity contribution in [3.05, 3.63) is 21.9 Å². The van der Waals surface area contributed by atoms with Gasteiger partial charge in [-0.3, -0.25) is 4.79 Å². The molecule has 0 unspecified atom stereocenters. The lowest BCUT2D eigenvalue weighted by atomic mass is 10.2. The van der Waals surface area contributed by atoms with Gasteiger partial charge >= 0.3 is 0 Å². The largest absolute Gasteiger partial charge is 0.347 e. The minimum absolute atomic E-state index is 0.00930. The van der Waals surface area contributed by atoms with E-state index in [1.807, 2.05) is 0 Å². The number of carbonyl (C=O) groups excluding carboxylic acids is 1. The Balaban J connectivity index is 2.11. The zero-order valence-electron chi connectivity index (χ0n) is 9.61. The molecule has 2 heterocycles. The number of nitrogens with one attached hydrogen (secondary N) is 1. The van der Waals surface area contributed by atoms with Crippen LogP contribution in [0.3, 0.4) is 0 Å². The van der Waals surface area contributed by atoms with Crippen molar-refractivity contribution < 1.29 is 13.2 Å². The van der Waals surface area contributed by atoms with Crippen LogP contribution in [0.5, 0.6) is 0 Å². The summed E-state index contributed by atoms with van der Waals surface area (Å²) in [5, 5.41) is 3.25. The molecule has 18 heavy (non-hydrogen) atoms. The summed E-state index contributed by atoms with van der Waals surface area (Å²) < 4.78 is 24.0. The molecule has 5 nitrogen and oxygen atoms in total. The van der Waals surface area contributed by atoms with E-state index in [0.717, 1.165) is 0 Å². The van der Waals surface area contributed by atoms with E-state index in [4.69, 9.17) is 23.2 Å². The average molecular weight is 311 g/mol. The fourth-order valence-corrected chi connectivity index (χ4v) is 3.98. The second-order valence-electron chi connectivity index (χ2n) is 4.30. The predicted molar refractivity (Wildman–Crippen MR) is 70.0 cm³/mol. The van der Waals surface area contributed by atoms with Crippen LogP contribution in [0, 0.1) is 0 Å². The van der Waals surface area contributed by atoms with E-state index < -0.39 is 9.84 Å². The molecule has 1 aromatic heterocycles. The fraction of sp³-hybridized carbons (Fsp3) is 0.500. The van der Waals surface area contributed by atoms with E-state index in [9.17, 15) is 13.2 Å². The second-order valence-corrected chi connectivity index (χ2v) is 7.29. The molecule has 1 saturated heterocycles. The molecular weight excluding hydrogens is 299 g/mol. The second kappa shape index (κ2) is 4.75. The molecule has 1 aliphatic rings. The summed E-state index contributed by atoms with van der Waals surface area (Å²) in [5.41, 5.74) is 0.314. The minimum atomic E-state index is -3.01. The number of hydrogen-bond donors (Lipinski definition) is 1. The molecule has 0 bridgehead atoms. The molecule has 1 aliphatic heterocycles. The summed E-state index contributed by atoms with van der Waals surface area (Å²) >= 11 is 11.7. The third-order valence-electron chi connectivity index (χ3n) is 2.92. The Hall–Kier alpha value is -0.720. The van der Waals surface area contributed by atoms with Gasteiger partial charge in [0.25, 0.3) is 5.91 Å². The van der Waals surface area contributed by atoms with E-state index in [2.05, 4.69) is 5.32 Å². The van der Waals surface area contributed by atoms with Crippen LogP contribution in [0.4, 0.5) is 0 Å². The minimum Gasteiger partial charge on any atom is -0.347 e. The van der Waals surface area contributed by atoms with Gasteiger partial charge in [0, 0.05) is 13.1 Å². The molecule has 1 N–H and O–H groups in total. The molecule has 1 amide bonds. The van der Waals surface area contributed by atoms with Gasteiger partial charge in [0.1, 0.15) is 10.8 Å². The number of sulfone groups is 1. The van der Waals surface area contributed by atoms with Gasteiger partial charge in [-0.15, -0.1) is 0 Å². The first-order chi connectivity index (χ1) is 8.30. The number of amides is 1. The maximum absolute atomic E-state index is 12.0. The zero-order chi connectivity index (χ0) is 13.5. The number of rotatable bonds is 2. The van der Waals surface area contributed by atoms with Crippen LogP contribution in [-0.2, 0) is 16.9 Å². The van der Waals surface area contributed by atoms with Crippen molar-refractivity contribution in [2.24, 2.45) is 7.05 Å². The Bertz CT molecular complexity index is 595. The first-order valence-electron chi connectivity index (χ1n) is 5.32. The van der Waals surface area contributed by atoms with Crippen LogP contribution in [0.1, 0.15) is 16.9 Å². The van der Waals surface area contributed by atoms with Crippen LogP contribution >= 0.6 is 23.2 Å². The molecular formula is C10H12Cl2N2O3S. The summed E-state index contributed by atoms with van der Waals surface area (Å²) in [7, 11) is -1.39. The number of halogens is 2. The number of aromatic nitrogens is 1. The van der Waals surface area contributed by atoms with Gasteiger partial charge in [-0.05, 0) is 12.5 Å². The third-order valence-corrected chi connectivity index (χ3v) is 5.53. The maximum Gasteiger partial charge on any atom is 0.268 e. The van der Waals surface area contributed by atoms with Crippen LogP contribution in [0.15, 0.2) is 6.07 Å². The van der Waals surface area contributed by atoms with Crippen LogP contribution in [0.25, 0.3) is 0 Å². The Kier molecular flexibility index (Phi) is 3.62. The van der Waals surface area contributed by atoms with Gasteiger partial charge in [-0.25, -0.2) is 8.42 Å². The lowest BCUT2D eigenvalue weighted by Crippen LogP contribution is -2.36. The van der Waals surface area contributed by atoms with Crippen molar-refractivity contribution in [1.29, 1.82) is 0 Å². The summed E-state index contributed by atoms with van der Waals surface area (Å²) in [4.78, 5) is 12.0. The van der Waals surface area contributed by atoms with Gasteiger partial charge in [0.05, 0.1) is 16.5 Å². The first-order valence-corrected chi connectivity index (χ1v) is 7.90. The molecule has 1 fully saturated rings. The molecule has 1 aromatic rings.